The number of amides is 2. The van der Waals surface area contributed by atoms with Gasteiger partial charge in [-0.2, -0.15) is 0 Å². The molecule has 122 valence electrons. The zero-order valence-corrected chi connectivity index (χ0v) is 13.0. The largest absolute Gasteiger partial charge is 0.474 e. The number of carbonyl (C=O) groups excluding carboxylic acids is 1. The highest BCUT2D eigenvalue weighted by Gasteiger charge is 2.16. The highest BCUT2D eigenvalue weighted by molar-refractivity contribution is 5.73. The van der Waals surface area contributed by atoms with Crippen LogP contribution >= 0.6 is 0 Å². The quantitative estimate of drug-likeness (QED) is 0.859. The highest BCUT2D eigenvalue weighted by Crippen LogP contribution is 2.22. The number of ether oxygens (including phenoxy) is 1. The molecule has 1 fully saturated rings. The second-order valence-electron chi connectivity index (χ2n) is 5.64. The highest BCUT2D eigenvalue weighted by atomic mass is 16.5. The molecule has 1 aliphatic carbocycles. The van der Waals surface area contributed by atoms with Gasteiger partial charge in [-0.3, -0.25) is 0 Å². The van der Waals surface area contributed by atoms with Crippen molar-refractivity contribution >= 4 is 6.03 Å². The Kier molecular flexibility index (Phi) is 5.13. The maximum Gasteiger partial charge on any atom is 0.315 e. The Bertz CT molecular complexity index is 605. The second-order valence-corrected chi connectivity index (χ2v) is 5.64. The summed E-state index contributed by atoms with van der Waals surface area (Å²) in [5, 5.41) is 5.51. The number of carbonyl (C=O) groups is 1. The van der Waals surface area contributed by atoms with Crippen molar-refractivity contribution in [1.82, 2.24) is 15.6 Å². The Hall–Kier alpha value is -2.50. The van der Waals surface area contributed by atoms with Gasteiger partial charge in [-0.25, -0.2) is 9.78 Å². The molecule has 3 rings (SSSR count). The molecule has 6 heteroatoms. The number of pyridine rings is 1. The molecule has 1 saturated carbocycles. The predicted octanol–water partition coefficient (Wildman–Crippen LogP) is 3.00. The van der Waals surface area contributed by atoms with Crippen LogP contribution in [0.1, 0.15) is 37.0 Å². The van der Waals surface area contributed by atoms with Crippen LogP contribution in [0.25, 0.3) is 0 Å². The first-order chi connectivity index (χ1) is 11.3. The van der Waals surface area contributed by atoms with Crippen molar-refractivity contribution in [3.05, 3.63) is 48.0 Å². The molecule has 0 spiro atoms. The summed E-state index contributed by atoms with van der Waals surface area (Å²) in [7, 11) is 0. The third kappa shape index (κ3) is 4.74. The number of rotatable bonds is 6. The van der Waals surface area contributed by atoms with Crippen molar-refractivity contribution in [2.45, 2.75) is 44.9 Å². The summed E-state index contributed by atoms with van der Waals surface area (Å²) in [4.78, 5) is 16.0. The Morgan fingerprint density at radius 3 is 2.74 bits per heavy atom. The summed E-state index contributed by atoms with van der Waals surface area (Å²) in [5.74, 6) is 1.37. The van der Waals surface area contributed by atoms with Crippen LogP contribution in [0, 0.1) is 0 Å². The van der Waals surface area contributed by atoms with Crippen LogP contribution in [0.5, 0.6) is 5.88 Å². The van der Waals surface area contributed by atoms with E-state index in [0.717, 1.165) is 24.2 Å². The number of urea groups is 1. The molecule has 0 unspecified atom stereocenters. The Morgan fingerprint density at radius 2 is 2.04 bits per heavy atom. The lowest BCUT2D eigenvalue weighted by molar-refractivity contribution is 0.201. The third-order valence-corrected chi connectivity index (χ3v) is 3.84. The van der Waals surface area contributed by atoms with Crippen LogP contribution in [-0.4, -0.2) is 17.1 Å². The smallest absolute Gasteiger partial charge is 0.315 e. The van der Waals surface area contributed by atoms with Crippen molar-refractivity contribution < 1.29 is 13.9 Å². The lowest BCUT2D eigenvalue weighted by Gasteiger charge is -2.12. The van der Waals surface area contributed by atoms with E-state index in [1.165, 1.54) is 12.8 Å². The Morgan fingerprint density at radius 1 is 1.22 bits per heavy atom. The van der Waals surface area contributed by atoms with E-state index in [4.69, 9.17) is 9.15 Å². The van der Waals surface area contributed by atoms with Gasteiger partial charge in [0.2, 0.25) is 5.88 Å². The first-order valence-electron chi connectivity index (χ1n) is 7.95. The second kappa shape index (κ2) is 7.67. The molecule has 0 atom stereocenters. The van der Waals surface area contributed by atoms with E-state index >= 15 is 0 Å². The lowest BCUT2D eigenvalue weighted by Crippen LogP contribution is -2.34. The van der Waals surface area contributed by atoms with Crippen molar-refractivity contribution in [3.8, 4) is 5.88 Å². The number of nitrogens with zero attached hydrogens (tertiary/aromatic N) is 1. The molecule has 2 aromatic rings. The van der Waals surface area contributed by atoms with E-state index in [9.17, 15) is 4.79 Å². The molecule has 1 aliphatic rings. The molecule has 2 aromatic heterocycles. The summed E-state index contributed by atoms with van der Waals surface area (Å²) in [6, 6.07) is 7.14. The first kappa shape index (κ1) is 15.4. The minimum absolute atomic E-state index is 0.243. The third-order valence-electron chi connectivity index (χ3n) is 3.84. The van der Waals surface area contributed by atoms with Gasteiger partial charge in [0.05, 0.1) is 12.8 Å². The normalized spacial score (nSPS) is 14.6. The molecular weight excluding hydrogens is 294 g/mol. The van der Waals surface area contributed by atoms with E-state index in [1.807, 2.05) is 18.2 Å². The van der Waals surface area contributed by atoms with Crippen LogP contribution < -0.4 is 15.4 Å². The number of hydrogen-bond donors (Lipinski definition) is 2. The van der Waals surface area contributed by atoms with Gasteiger partial charge in [0.25, 0.3) is 0 Å². The van der Waals surface area contributed by atoms with Gasteiger partial charge < -0.3 is 19.8 Å². The van der Waals surface area contributed by atoms with Crippen LogP contribution in [0.15, 0.2) is 41.1 Å². The molecule has 23 heavy (non-hydrogen) atoms. The van der Waals surface area contributed by atoms with Crippen molar-refractivity contribution in [2.75, 3.05) is 0 Å². The van der Waals surface area contributed by atoms with Gasteiger partial charge in [-0.05, 0) is 43.4 Å². The fraction of sp³-hybridized carbons (Fsp3) is 0.412. The topological polar surface area (TPSA) is 76.4 Å². The molecular formula is C17H21N3O3. The summed E-state index contributed by atoms with van der Waals surface area (Å²) in [5.41, 5.74) is 0.928. The van der Waals surface area contributed by atoms with E-state index in [2.05, 4.69) is 15.6 Å². The van der Waals surface area contributed by atoms with E-state index in [1.54, 1.807) is 18.5 Å². The summed E-state index contributed by atoms with van der Waals surface area (Å²) in [6.07, 6.45) is 8.31. The minimum Gasteiger partial charge on any atom is -0.474 e. The minimum atomic E-state index is -0.243. The lowest BCUT2D eigenvalue weighted by atomic mass is 10.3. The van der Waals surface area contributed by atoms with E-state index in [0.29, 0.717) is 25.1 Å². The molecule has 2 amide bonds. The zero-order valence-electron chi connectivity index (χ0n) is 13.0. The Labute approximate surface area is 135 Å². The first-order valence-corrected chi connectivity index (χ1v) is 7.95. The summed E-state index contributed by atoms with van der Waals surface area (Å²) < 4.78 is 11.0. The summed E-state index contributed by atoms with van der Waals surface area (Å²) >= 11 is 0. The van der Waals surface area contributed by atoms with Crippen molar-refractivity contribution in [3.63, 3.8) is 0 Å². The van der Waals surface area contributed by atoms with Gasteiger partial charge in [-0.15, -0.1) is 0 Å². The molecule has 0 saturated heterocycles. The van der Waals surface area contributed by atoms with E-state index in [-0.39, 0.29) is 6.03 Å². The molecule has 0 aliphatic heterocycles. The summed E-state index contributed by atoms with van der Waals surface area (Å²) in [6.45, 7) is 0.784. The molecule has 0 radical (unpaired) electrons. The fourth-order valence-corrected chi connectivity index (χ4v) is 2.59. The molecule has 2 heterocycles. The Balaban J connectivity index is 1.40. The van der Waals surface area contributed by atoms with Gasteiger partial charge in [0.1, 0.15) is 11.9 Å². The average molecular weight is 315 g/mol. The van der Waals surface area contributed by atoms with Crippen LogP contribution in [0.2, 0.25) is 0 Å². The fourth-order valence-electron chi connectivity index (χ4n) is 2.59. The maximum atomic E-state index is 11.7. The van der Waals surface area contributed by atoms with E-state index < -0.39 is 0 Å². The maximum absolute atomic E-state index is 11.7. The van der Waals surface area contributed by atoms with Gasteiger partial charge >= 0.3 is 6.03 Å². The molecule has 0 bridgehead atoms. The monoisotopic (exact) mass is 315 g/mol. The molecule has 0 aromatic carbocycles. The zero-order chi connectivity index (χ0) is 15.9. The molecule has 2 N–H and O–H groups in total. The van der Waals surface area contributed by atoms with Gasteiger partial charge in [0, 0.05) is 18.8 Å². The standard InChI is InChI=1S/C17H21N3O3/c21-17(20-12-15-6-3-9-22-15)19-11-13-7-8-16(18-10-13)23-14-4-1-2-5-14/h3,6-10,14H,1-2,4-5,11-12H2,(H2,19,20,21). The molecule has 6 nitrogen and oxygen atoms in total. The van der Waals surface area contributed by atoms with Gasteiger partial charge in [0.15, 0.2) is 0 Å². The van der Waals surface area contributed by atoms with Crippen LogP contribution in [0.3, 0.4) is 0 Å². The van der Waals surface area contributed by atoms with Crippen molar-refractivity contribution in [2.24, 2.45) is 0 Å². The van der Waals surface area contributed by atoms with Crippen LogP contribution in [-0.2, 0) is 13.1 Å². The van der Waals surface area contributed by atoms with Crippen LogP contribution in [0.4, 0.5) is 4.79 Å². The number of furan rings is 1. The van der Waals surface area contributed by atoms with Gasteiger partial charge in [-0.1, -0.05) is 6.07 Å². The SMILES string of the molecule is O=C(NCc1ccc(OC2CCCC2)nc1)NCc1ccco1. The predicted molar refractivity (Wildman–Crippen MR) is 84.9 cm³/mol. The number of aromatic nitrogens is 1. The average Bonchev–Trinajstić information content (AvgIpc) is 3.26. The number of nitrogens with one attached hydrogen (secondary N) is 2. The van der Waals surface area contributed by atoms with Crippen molar-refractivity contribution in [1.29, 1.82) is 0 Å². The number of hydrogen-bond acceptors (Lipinski definition) is 4.